The number of carbonyl (C=O) groups excluding carboxylic acids is 1. The lowest BCUT2D eigenvalue weighted by molar-refractivity contribution is 0.210. The summed E-state index contributed by atoms with van der Waals surface area (Å²) in [6.45, 7) is 3.24. The number of carbonyl (C=O) groups is 1. The molecule has 78 valence electrons. The molecular weight excluding hydrogens is 178 g/mol. The fraction of sp³-hybridized carbons (Fsp3) is 0.500. The van der Waals surface area contributed by atoms with E-state index < -0.39 is 0 Å². The van der Waals surface area contributed by atoms with Crippen LogP contribution in [-0.2, 0) is 13.6 Å². The van der Waals surface area contributed by atoms with Crippen molar-refractivity contribution in [3.63, 3.8) is 0 Å². The number of rotatable bonds is 3. The van der Waals surface area contributed by atoms with Gasteiger partial charge in [-0.2, -0.15) is 0 Å². The van der Waals surface area contributed by atoms with Crippen molar-refractivity contribution in [1.82, 2.24) is 14.8 Å². The van der Waals surface area contributed by atoms with E-state index in [1.807, 2.05) is 36.9 Å². The average molecular weight is 195 g/mol. The molecule has 4 nitrogen and oxygen atoms in total. The largest absolute Gasteiger partial charge is 0.353 e. The van der Waals surface area contributed by atoms with Gasteiger partial charge in [-0.05, 0) is 19.1 Å². The summed E-state index contributed by atoms with van der Waals surface area (Å²) in [4.78, 5) is 13.0. The number of nitrogens with zero attached hydrogens (tertiary/aromatic N) is 2. The quantitative estimate of drug-likeness (QED) is 0.772. The number of urea groups is 1. The third-order valence-corrected chi connectivity index (χ3v) is 2.29. The van der Waals surface area contributed by atoms with Crippen molar-refractivity contribution in [2.45, 2.75) is 13.5 Å². The summed E-state index contributed by atoms with van der Waals surface area (Å²) in [5.74, 6) is 0. The lowest BCUT2D eigenvalue weighted by Gasteiger charge is -2.15. The van der Waals surface area contributed by atoms with E-state index in [1.165, 1.54) is 0 Å². The lowest BCUT2D eigenvalue weighted by Crippen LogP contribution is -2.36. The molecule has 1 aromatic heterocycles. The lowest BCUT2D eigenvalue weighted by atomic mass is 10.4. The highest BCUT2D eigenvalue weighted by atomic mass is 16.2. The maximum Gasteiger partial charge on any atom is 0.317 e. The summed E-state index contributed by atoms with van der Waals surface area (Å²) in [6, 6.07) is 3.92. The normalized spacial score (nSPS) is 9.93. The van der Waals surface area contributed by atoms with Crippen LogP contribution < -0.4 is 5.32 Å². The average Bonchev–Trinajstić information content (AvgIpc) is 2.59. The highest BCUT2D eigenvalue weighted by Crippen LogP contribution is 1.98. The minimum atomic E-state index is -0.0336. The first-order valence-corrected chi connectivity index (χ1v) is 4.74. The van der Waals surface area contributed by atoms with Crippen LogP contribution in [0.3, 0.4) is 0 Å². The Hall–Kier alpha value is -1.45. The van der Waals surface area contributed by atoms with Gasteiger partial charge < -0.3 is 14.8 Å². The van der Waals surface area contributed by atoms with E-state index in [1.54, 1.807) is 11.9 Å². The van der Waals surface area contributed by atoms with Gasteiger partial charge in [0.2, 0.25) is 0 Å². The number of hydrogen-bond acceptors (Lipinski definition) is 1. The van der Waals surface area contributed by atoms with E-state index in [4.69, 9.17) is 0 Å². The van der Waals surface area contributed by atoms with Crippen LogP contribution in [0.25, 0.3) is 0 Å². The van der Waals surface area contributed by atoms with Crippen molar-refractivity contribution in [3.05, 3.63) is 24.0 Å². The van der Waals surface area contributed by atoms with Crippen LogP contribution in [0.15, 0.2) is 18.3 Å². The molecule has 0 fully saturated rings. The fourth-order valence-corrected chi connectivity index (χ4v) is 1.12. The van der Waals surface area contributed by atoms with Gasteiger partial charge in [-0.1, -0.05) is 0 Å². The van der Waals surface area contributed by atoms with E-state index in [0.717, 1.165) is 12.2 Å². The minimum Gasteiger partial charge on any atom is -0.353 e. The van der Waals surface area contributed by atoms with Gasteiger partial charge in [0, 0.05) is 32.5 Å². The number of amides is 2. The highest BCUT2D eigenvalue weighted by molar-refractivity contribution is 5.73. The summed E-state index contributed by atoms with van der Waals surface area (Å²) >= 11 is 0. The molecule has 1 rings (SSSR count). The van der Waals surface area contributed by atoms with Gasteiger partial charge in [-0.3, -0.25) is 0 Å². The molecule has 0 aromatic carbocycles. The molecular formula is C10H17N3O. The van der Waals surface area contributed by atoms with Crippen LogP contribution in [0.5, 0.6) is 0 Å². The van der Waals surface area contributed by atoms with E-state index >= 15 is 0 Å². The zero-order chi connectivity index (χ0) is 10.6. The first-order valence-electron chi connectivity index (χ1n) is 4.74. The van der Waals surface area contributed by atoms with Gasteiger partial charge in [0.25, 0.3) is 0 Å². The van der Waals surface area contributed by atoms with E-state index in [-0.39, 0.29) is 6.03 Å². The number of hydrogen-bond donors (Lipinski definition) is 1. The first-order chi connectivity index (χ1) is 6.65. The molecule has 1 aromatic rings. The van der Waals surface area contributed by atoms with Crippen LogP contribution >= 0.6 is 0 Å². The predicted molar refractivity (Wildman–Crippen MR) is 56.0 cm³/mol. The zero-order valence-electron chi connectivity index (χ0n) is 8.95. The zero-order valence-corrected chi connectivity index (χ0v) is 8.95. The molecule has 0 radical (unpaired) electrons. The van der Waals surface area contributed by atoms with Crippen molar-refractivity contribution in [2.24, 2.45) is 7.05 Å². The Morgan fingerprint density at radius 2 is 2.36 bits per heavy atom. The molecule has 0 saturated heterocycles. The van der Waals surface area contributed by atoms with Crippen molar-refractivity contribution in [3.8, 4) is 0 Å². The van der Waals surface area contributed by atoms with Crippen LogP contribution in [0, 0.1) is 0 Å². The van der Waals surface area contributed by atoms with Gasteiger partial charge in [-0.15, -0.1) is 0 Å². The highest BCUT2D eigenvalue weighted by Gasteiger charge is 2.05. The second-order valence-electron chi connectivity index (χ2n) is 3.28. The fourth-order valence-electron chi connectivity index (χ4n) is 1.12. The van der Waals surface area contributed by atoms with Crippen molar-refractivity contribution < 1.29 is 4.79 Å². The molecule has 1 heterocycles. The maximum atomic E-state index is 11.4. The number of nitrogens with one attached hydrogen (secondary N) is 1. The van der Waals surface area contributed by atoms with Crippen LogP contribution in [0.2, 0.25) is 0 Å². The van der Waals surface area contributed by atoms with Gasteiger partial charge in [-0.25, -0.2) is 4.79 Å². The van der Waals surface area contributed by atoms with Crippen molar-refractivity contribution in [2.75, 3.05) is 13.6 Å². The molecule has 0 atom stereocenters. The number of aromatic nitrogens is 1. The molecule has 0 aliphatic carbocycles. The topological polar surface area (TPSA) is 37.3 Å². The predicted octanol–water partition coefficient (Wildman–Crippen LogP) is 1.19. The van der Waals surface area contributed by atoms with Crippen molar-refractivity contribution >= 4 is 6.03 Å². The molecule has 0 bridgehead atoms. The Kier molecular flexibility index (Phi) is 3.56. The molecule has 0 aliphatic rings. The summed E-state index contributed by atoms with van der Waals surface area (Å²) in [6.07, 6.45) is 1.96. The second-order valence-corrected chi connectivity index (χ2v) is 3.28. The monoisotopic (exact) mass is 195 g/mol. The smallest absolute Gasteiger partial charge is 0.317 e. The van der Waals surface area contributed by atoms with Crippen LogP contribution in [0.4, 0.5) is 4.79 Å². The first kappa shape index (κ1) is 10.6. The Bertz CT molecular complexity index is 306. The van der Waals surface area contributed by atoms with Crippen LogP contribution in [-0.4, -0.2) is 29.1 Å². The Labute approximate surface area is 84.5 Å². The van der Waals surface area contributed by atoms with Gasteiger partial charge >= 0.3 is 6.03 Å². The molecule has 0 spiro atoms. The second kappa shape index (κ2) is 4.69. The third-order valence-electron chi connectivity index (χ3n) is 2.29. The van der Waals surface area contributed by atoms with E-state index in [0.29, 0.717) is 6.54 Å². The van der Waals surface area contributed by atoms with Crippen LogP contribution in [0.1, 0.15) is 12.6 Å². The Morgan fingerprint density at radius 3 is 2.86 bits per heavy atom. The Balaban J connectivity index is 2.41. The molecule has 0 unspecified atom stereocenters. The summed E-state index contributed by atoms with van der Waals surface area (Å²) < 4.78 is 1.99. The van der Waals surface area contributed by atoms with Crippen molar-refractivity contribution in [1.29, 1.82) is 0 Å². The summed E-state index contributed by atoms with van der Waals surface area (Å²) in [7, 11) is 3.74. The minimum absolute atomic E-state index is 0.0336. The Morgan fingerprint density at radius 1 is 1.64 bits per heavy atom. The van der Waals surface area contributed by atoms with Gasteiger partial charge in [0.05, 0.1) is 6.54 Å². The summed E-state index contributed by atoms with van der Waals surface area (Å²) in [5.41, 5.74) is 1.10. The third kappa shape index (κ3) is 2.52. The molecule has 0 saturated carbocycles. The van der Waals surface area contributed by atoms with Gasteiger partial charge in [0.15, 0.2) is 0 Å². The standard InChI is InChI=1S/C10H17N3O/c1-4-12(2)10(14)11-8-9-6-5-7-13(9)3/h5-7H,4,8H2,1-3H3,(H,11,14). The van der Waals surface area contributed by atoms with E-state index in [9.17, 15) is 4.79 Å². The molecule has 1 N–H and O–H groups in total. The SMILES string of the molecule is CCN(C)C(=O)NCc1cccn1C. The molecule has 4 heteroatoms. The molecule has 14 heavy (non-hydrogen) atoms. The molecule has 0 aliphatic heterocycles. The maximum absolute atomic E-state index is 11.4. The molecule has 2 amide bonds. The summed E-state index contributed by atoms with van der Waals surface area (Å²) in [5, 5.41) is 2.84. The number of aryl methyl sites for hydroxylation is 1. The van der Waals surface area contributed by atoms with Gasteiger partial charge in [0.1, 0.15) is 0 Å². The van der Waals surface area contributed by atoms with E-state index in [2.05, 4.69) is 5.32 Å².